The highest BCUT2D eigenvalue weighted by atomic mass is 19.1. The number of aldehydes is 1. The Hall–Kier alpha value is -2.49. The van der Waals surface area contributed by atoms with Crippen LogP contribution < -0.4 is 0 Å². The van der Waals surface area contributed by atoms with E-state index in [1.807, 2.05) is 10.6 Å². The van der Waals surface area contributed by atoms with Gasteiger partial charge in [0, 0.05) is 22.2 Å². The van der Waals surface area contributed by atoms with Gasteiger partial charge in [0.25, 0.3) is 0 Å². The quantitative estimate of drug-likeness (QED) is 0.601. The van der Waals surface area contributed by atoms with Gasteiger partial charge in [-0.25, -0.2) is 8.91 Å². The lowest BCUT2D eigenvalue weighted by molar-refractivity contribution is 0.112. The number of carbonyl (C=O) groups is 1. The zero-order valence-corrected chi connectivity index (χ0v) is 15.3. The van der Waals surface area contributed by atoms with Gasteiger partial charge >= 0.3 is 0 Å². The molecule has 0 saturated heterocycles. The van der Waals surface area contributed by atoms with Crippen molar-refractivity contribution in [2.75, 3.05) is 0 Å². The van der Waals surface area contributed by atoms with Crippen LogP contribution in [0.3, 0.4) is 0 Å². The standard InChI is InChI=1S/C21H23FN2O/c1-13(2)19-16(12-25)20(14-6-8-15(22)9-7-14)23-24-17(19)10-11-18(24)21(3,4)5/h6-13H,1-5H3. The molecule has 3 rings (SSSR count). The lowest BCUT2D eigenvalue weighted by Gasteiger charge is -2.21. The van der Waals surface area contributed by atoms with Gasteiger partial charge in [-0.3, -0.25) is 4.79 Å². The minimum Gasteiger partial charge on any atom is -0.298 e. The van der Waals surface area contributed by atoms with Gasteiger partial charge in [0.2, 0.25) is 0 Å². The Morgan fingerprint density at radius 2 is 1.72 bits per heavy atom. The molecule has 0 aliphatic carbocycles. The lowest BCUT2D eigenvalue weighted by Crippen LogP contribution is -2.17. The summed E-state index contributed by atoms with van der Waals surface area (Å²) < 4.78 is 15.3. The molecule has 3 aromatic rings. The summed E-state index contributed by atoms with van der Waals surface area (Å²) in [5.41, 5.74) is 4.82. The molecule has 3 nitrogen and oxygen atoms in total. The van der Waals surface area contributed by atoms with Crippen LogP contribution in [0.25, 0.3) is 16.8 Å². The van der Waals surface area contributed by atoms with Crippen LogP contribution in [0, 0.1) is 5.82 Å². The summed E-state index contributed by atoms with van der Waals surface area (Å²) in [5, 5.41) is 4.78. The molecule has 25 heavy (non-hydrogen) atoms. The summed E-state index contributed by atoms with van der Waals surface area (Å²) in [5.74, 6) is -0.148. The number of carbonyl (C=O) groups excluding carboxylic acids is 1. The molecule has 0 N–H and O–H groups in total. The van der Waals surface area contributed by atoms with Crippen LogP contribution in [0.1, 0.15) is 62.2 Å². The van der Waals surface area contributed by atoms with Gasteiger partial charge in [0.15, 0.2) is 6.29 Å². The fourth-order valence-corrected chi connectivity index (χ4v) is 3.27. The molecule has 0 spiro atoms. The van der Waals surface area contributed by atoms with Crippen LogP contribution in [-0.2, 0) is 5.41 Å². The highest BCUT2D eigenvalue weighted by Crippen LogP contribution is 2.34. The summed E-state index contributed by atoms with van der Waals surface area (Å²) >= 11 is 0. The fraction of sp³-hybridized carbons (Fsp3) is 0.333. The van der Waals surface area contributed by atoms with Crippen LogP contribution in [0.4, 0.5) is 4.39 Å². The lowest BCUT2D eigenvalue weighted by atomic mass is 9.92. The second-order valence-corrected chi connectivity index (χ2v) is 7.72. The Bertz CT molecular complexity index is 931. The smallest absolute Gasteiger partial charge is 0.152 e. The zero-order valence-electron chi connectivity index (χ0n) is 15.3. The van der Waals surface area contributed by atoms with Crippen molar-refractivity contribution in [2.24, 2.45) is 0 Å². The molecule has 0 aliphatic heterocycles. The summed E-state index contributed by atoms with van der Waals surface area (Å²) in [4.78, 5) is 11.9. The van der Waals surface area contributed by atoms with Gasteiger partial charge in [-0.2, -0.15) is 5.10 Å². The summed E-state index contributed by atoms with van der Waals surface area (Å²) in [7, 11) is 0. The molecule has 0 aliphatic rings. The number of hydrogen-bond acceptors (Lipinski definition) is 2. The minimum absolute atomic E-state index is 0.0869. The van der Waals surface area contributed by atoms with Crippen molar-refractivity contribution in [2.45, 2.75) is 46.0 Å². The third-order valence-electron chi connectivity index (χ3n) is 4.46. The number of halogens is 1. The normalized spacial score (nSPS) is 12.1. The number of benzene rings is 1. The zero-order chi connectivity index (χ0) is 18.4. The van der Waals surface area contributed by atoms with E-state index >= 15 is 0 Å². The van der Waals surface area contributed by atoms with Gasteiger partial charge in [-0.05, 0) is 47.9 Å². The van der Waals surface area contributed by atoms with Crippen molar-refractivity contribution in [1.82, 2.24) is 9.61 Å². The molecule has 1 aromatic carbocycles. The summed E-state index contributed by atoms with van der Waals surface area (Å²) in [6.45, 7) is 10.5. The second kappa shape index (κ2) is 6.10. The molecule has 0 fully saturated rings. The number of aromatic nitrogens is 2. The summed E-state index contributed by atoms with van der Waals surface area (Å²) in [6.07, 6.45) is 0.866. The monoisotopic (exact) mass is 338 g/mol. The van der Waals surface area contributed by atoms with Crippen molar-refractivity contribution in [3.05, 3.63) is 59.0 Å². The first-order valence-corrected chi connectivity index (χ1v) is 8.51. The van der Waals surface area contributed by atoms with Gasteiger partial charge < -0.3 is 0 Å². The van der Waals surface area contributed by atoms with E-state index < -0.39 is 0 Å². The Labute approximate surface area is 147 Å². The molecule has 4 heteroatoms. The molecule has 0 atom stereocenters. The van der Waals surface area contributed by atoms with Gasteiger partial charge in [-0.1, -0.05) is 34.6 Å². The van der Waals surface area contributed by atoms with Crippen LogP contribution >= 0.6 is 0 Å². The maximum Gasteiger partial charge on any atom is 0.152 e. The topological polar surface area (TPSA) is 34.4 Å². The minimum atomic E-state index is -0.307. The van der Waals surface area contributed by atoms with Crippen molar-refractivity contribution < 1.29 is 9.18 Å². The van der Waals surface area contributed by atoms with E-state index in [0.29, 0.717) is 11.3 Å². The number of rotatable bonds is 3. The van der Waals surface area contributed by atoms with E-state index in [9.17, 15) is 9.18 Å². The van der Waals surface area contributed by atoms with E-state index in [-0.39, 0.29) is 17.2 Å². The molecule has 0 radical (unpaired) electrons. The first-order valence-electron chi connectivity index (χ1n) is 8.51. The largest absolute Gasteiger partial charge is 0.298 e. The third kappa shape index (κ3) is 2.97. The van der Waals surface area contributed by atoms with Gasteiger partial charge in [0.1, 0.15) is 11.5 Å². The first-order chi connectivity index (χ1) is 11.7. The van der Waals surface area contributed by atoms with E-state index in [0.717, 1.165) is 28.6 Å². The molecule has 130 valence electrons. The first kappa shape index (κ1) is 17.3. The molecule has 2 heterocycles. The fourth-order valence-electron chi connectivity index (χ4n) is 3.27. The summed E-state index contributed by atoms with van der Waals surface area (Å²) in [6, 6.07) is 10.2. The van der Waals surface area contributed by atoms with Crippen molar-refractivity contribution in [3.63, 3.8) is 0 Å². The van der Waals surface area contributed by atoms with Gasteiger partial charge in [-0.15, -0.1) is 0 Å². The van der Waals surface area contributed by atoms with Crippen LogP contribution in [0.5, 0.6) is 0 Å². The molecule has 0 amide bonds. The van der Waals surface area contributed by atoms with E-state index in [1.165, 1.54) is 12.1 Å². The maximum absolute atomic E-state index is 13.3. The Balaban J connectivity index is 2.43. The Morgan fingerprint density at radius 1 is 1.08 bits per heavy atom. The predicted octanol–water partition coefficient (Wildman–Crippen LogP) is 5.37. The Morgan fingerprint density at radius 3 is 2.24 bits per heavy atom. The highest BCUT2D eigenvalue weighted by Gasteiger charge is 2.24. The molecule has 0 unspecified atom stereocenters. The molecular formula is C21H23FN2O. The van der Waals surface area contributed by atoms with Crippen LogP contribution in [0.15, 0.2) is 36.4 Å². The Kier molecular flexibility index (Phi) is 4.23. The molecule has 0 saturated carbocycles. The average Bonchev–Trinajstić information content (AvgIpc) is 2.97. The van der Waals surface area contributed by atoms with Crippen molar-refractivity contribution in [1.29, 1.82) is 0 Å². The van der Waals surface area contributed by atoms with Crippen LogP contribution in [-0.4, -0.2) is 15.9 Å². The molecular weight excluding hydrogens is 315 g/mol. The van der Waals surface area contributed by atoms with Crippen LogP contribution in [0.2, 0.25) is 0 Å². The van der Waals surface area contributed by atoms with E-state index in [1.54, 1.807) is 12.1 Å². The van der Waals surface area contributed by atoms with E-state index in [4.69, 9.17) is 5.10 Å². The maximum atomic E-state index is 13.3. The molecule has 0 bridgehead atoms. The van der Waals surface area contributed by atoms with E-state index in [2.05, 4.69) is 40.7 Å². The number of hydrogen-bond donors (Lipinski definition) is 0. The second-order valence-electron chi connectivity index (χ2n) is 7.72. The third-order valence-corrected chi connectivity index (χ3v) is 4.46. The van der Waals surface area contributed by atoms with Crippen molar-refractivity contribution >= 4 is 11.8 Å². The highest BCUT2D eigenvalue weighted by molar-refractivity contribution is 5.90. The SMILES string of the molecule is CC(C)c1c(C=O)c(-c2ccc(F)cc2)nn2c(C(C)(C)C)ccc12. The number of fused-ring (bicyclic) bond motifs is 1. The average molecular weight is 338 g/mol. The van der Waals surface area contributed by atoms with Crippen molar-refractivity contribution in [3.8, 4) is 11.3 Å². The molecule has 2 aromatic heterocycles. The number of nitrogens with zero attached hydrogens (tertiary/aromatic N) is 2. The van der Waals surface area contributed by atoms with Gasteiger partial charge in [0.05, 0.1) is 5.52 Å². The predicted molar refractivity (Wildman–Crippen MR) is 98.8 cm³/mol.